The van der Waals surface area contributed by atoms with Gasteiger partial charge in [-0.1, -0.05) is 35.9 Å². The van der Waals surface area contributed by atoms with Crippen LogP contribution in [-0.2, 0) is 6.54 Å². The average molecular weight is 448 g/mol. The third-order valence-electron chi connectivity index (χ3n) is 4.87. The molecule has 0 aliphatic heterocycles. The fourth-order valence-corrected chi connectivity index (χ4v) is 3.05. The van der Waals surface area contributed by atoms with Gasteiger partial charge in [0.25, 0.3) is 0 Å². The minimum Gasteiger partial charge on any atom is -0.358 e. The lowest BCUT2D eigenvalue weighted by molar-refractivity contribution is 0.497. The Hall–Kier alpha value is -3.50. The molecule has 2 aromatic heterocycles. The number of aromatic nitrogens is 3. The highest BCUT2D eigenvalue weighted by Gasteiger charge is 2.25. The number of halogens is 1. The van der Waals surface area contributed by atoms with E-state index in [4.69, 9.17) is 16.9 Å². The number of para-hydroxylation sites is 1. The van der Waals surface area contributed by atoms with E-state index in [-0.39, 0.29) is 0 Å². The maximum Gasteiger partial charge on any atom is 0.227 e. The van der Waals surface area contributed by atoms with Crippen LogP contribution in [0.2, 0.25) is 5.15 Å². The van der Waals surface area contributed by atoms with Crippen molar-refractivity contribution in [1.82, 2.24) is 19.9 Å². The van der Waals surface area contributed by atoms with Gasteiger partial charge in [0.2, 0.25) is 12.1 Å². The molecule has 0 amide bonds. The van der Waals surface area contributed by atoms with Crippen LogP contribution in [0.25, 0.3) is 0 Å². The third kappa shape index (κ3) is 7.33. The third-order valence-corrected chi connectivity index (χ3v) is 5.10. The first kappa shape index (κ1) is 23.2. The van der Waals surface area contributed by atoms with Crippen LogP contribution in [0, 0.1) is 18.4 Å². The predicted octanol–water partition coefficient (Wildman–Crippen LogP) is 5.47. The molecule has 1 aliphatic rings. The molecule has 0 atom stereocenters. The van der Waals surface area contributed by atoms with E-state index in [1.165, 1.54) is 18.5 Å². The average Bonchev–Trinajstić information content (AvgIpc) is 3.62. The minimum absolute atomic E-state index is 0.476. The minimum atomic E-state index is 0.476. The summed E-state index contributed by atoms with van der Waals surface area (Å²) in [7, 11) is 1.87. The van der Waals surface area contributed by atoms with Crippen molar-refractivity contribution in [1.29, 1.82) is 5.26 Å². The first-order valence-corrected chi connectivity index (χ1v) is 10.7. The number of nitriles is 1. The van der Waals surface area contributed by atoms with E-state index in [2.05, 4.69) is 31.3 Å². The standard InChI is InChI=1S/C14H15N3.C10H11ClN4/c1-10-9-13(11-7-8-11)17-14(15-10)16-12-5-3-2-4-6-12;1-8(14-7-12)15(2)6-9-3-4-10(11)13-5-9/h2-6,9,11H,7-8H2,1H3,(H,15,16,17);3-5H,6H2,1-2H3. The summed E-state index contributed by atoms with van der Waals surface area (Å²) in [6.07, 6.45) is 5.99. The monoisotopic (exact) mass is 447 g/mol. The number of rotatable bonds is 5. The molecule has 7 nitrogen and oxygen atoms in total. The van der Waals surface area contributed by atoms with Gasteiger partial charge in [-0.3, -0.25) is 0 Å². The first-order chi connectivity index (χ1) is 15.4. The number of aliphatic imine (C=N–C) groups is 1. The molecule has 0 saturated heterocycles. The number of nitrogens with one attached hydrogen (secondary N) is 1. The van der Waals surface area contributed by atoms with Crippen LogP contribution in [-0.4, -0.2) is 32.7 Å². The van der Waals surface area contributed by atoms with E-state index in [1.54, 1.807) is 25.4 Å². The summed E-state index contributed by atoms with van der Waals surface area (Å²) in [6, 6.07) is 15.8. The van der Waals surface area contributed by atoms with Gasteiger partial charge in [-0.25, -0.2) is 15.0 Å². The zero-order chi connectivity index (χ0) is 22.9. The van der Waals surface area contributed by atoms with Crippen molar-refractivity contribution in [2.24, 2.45) is 4.99 Å². The van der Waals surface area contributed by atoms with Crippen molar-refractivity contribution < 1.29 is 0 Å². The van der Waals surface area contributed by atoms with E-state index >= 15 is 0 Å². The van der Waals surface area contributed by atoms with Gasteiger partial charge < -0.3 is 10.2 Å². The number of anilines is 2. The number of benzene rings is 1. The Morgan fingerprint density at radius 3 is 2.59 bits per heavy atom. The Morgan fingerprint density at radius 2 is 1.97 bits per heavy atom. The lowest BCUT2D eigenvalue weighted by Crippen LogP contribution is -2.23. The van der Waals surface area contributed by atoms with Crippen molar-refractivity contribution in [3.05, 3.63) is 76.8 Å². The Labute approximate surface area is 193 Å². The van der Waals surface area contributed by atoms with Crippen LogP contribution in [0.1, 0.15) is 42.6 Å². The summed E-state index contributed by atoms with van der Waals surface area (Å²) < 4.78 is 0. The van der Waals surface area contributed by atoms with Gasteiger partial charge in [0, 0.05) is 42.8 Å². The van der Waals surface area contributed by atoms with Gasteiger partial charge >= 0.3 is 0 Å². The van der Waals surface area contributed by atoms with Crippen LogP contribution in [0.5, 0.6) is 0 Å². The van der Waals surface area contributed by atoms with Crippen molar-refractivity contribution >= 4 is 29.1 Å². The molecule has 0 bridgehead atoms. The van der Waals surface area contributed by atoms with Crippen molar-refractivity contribution in [3.63, 3.8) is 0 Å². The molecule has 0 radical (unpaired) electrons. The summed E-state index contributed by atoms with van der Waals surface area (Å²) in [5, 5.41) is 12.1. The molecule has 2 heterocycles. The summed E-state index contributed by atoms with van der Waals surface area (Å²) >= 11 is 5.67. The van der Waals surface area contributed by atoms with E-state index in [0.29, 0.717) is 29.4 Å². The molecule has 8 heteroatoms. The lowest BCUT2D eigenvalue weighted by Gasteiger charge is -2.17. The maximum atomic E-state index is 8.39. The second-order valence-electron chi connectivity index (χ2n) is 7.63. The van der Waals surface area contributed by atoms with E-state index in [9.17, 15) is 0 Å². The van der Waals surface area contributed by atoms with Crippen LogP contribution >= 0.6 is 11.6 Å². The fraction of sp³-hybridized carbons (Fsp3) is 0.292. The van der Waals surface area contributed by atoms with Gasteiger partial charge in [0.05, 0.1) is 0 Å². The molecular formula is C24H26ClN7. The van der Waals surface area contributed by atoms with Gasteiger partial charge in [0.15, 0.2) is 0 Å². The van der Waals surface area contributed by atoms with E-state index in [0.717, 1.165) is 16.9 Å². The Bertz CT molecular complexity index is 1090. The normalized spacial score (nSPS) is 12.9. The zero-order valence-electron chi connectivity index (χ0n) is 18.5. The highest BCUT2D eigenvalue weighted by atomic mass is 35.5. The van der Waals surface area contributed by atoms with Crippen molar-refractivity contribution in [2.75, 3.05) is 12.4 Å². The molecule has 1 fully saturated rings. The van der Waals surface area contributed by atoms with Crippen LogP contribution in [0.3, 0.4) is 0 Å². The summed E-state index contributed by atoms with van der Waals surface area (Å²) in [5.74, 6) is 2.04. The molecular weight excluding hydrogens is 422 g/mol. The van der Waals surface area contributed by atoms with Crippen LogP contribution in [0.4, 0.5) is 11.6 Å². The van der Waals surface area contributed by atoms with Gasteiger partial charge in [0.1, 0.15) is 11.0 Å². The van der Waals surface area contributed by atoms with Crippen LogP contribution in [0.15, 0.2) is 59.7 Å². The first-order valence-electron chi connectivity index (χ1n) is 10.4. The molecule has 4 rings (SSSR count). The smallest absolute Gasteiger partial charge is 0.227 e. The maximum absolute atomic E-state index is 8.39. The fourth-order valence-electron chi connectivity index (χ4n) is 2.93. The Morgan fingerprint density at radius 1 is 1.22 bits per heavy atom. The molecule has 3 aromatic rings. The summed E-state index contributed by atoms with van der Waals surface area (Å²) in [4.78, 5) is 18.5. The number of hydrogen-bond acceptors (Lipinski definition) is 6. The van der Waals surface area contributed by atoms with Gasteiger partial charge in [-0.05, 0) is 56.5 Å². The molecule has 1 saturated carbocycles. The highest BCUT2D eigenvalue weighted by Crippen LogP contribution is 2.39. The second kappa shape index (κ2) is 11.2. The zero-order valence-corrected chi connectivity index (χ0v) is 19.2. The van der Waals surface area contributed by atoms with Crippen LogP contribution < -0.4 is 5.32 Å². The van der Waals surface area contributed by atoms with Gasteiger partial charge in [-0.15, -0.1) is 0 Å². The van der Waals surface area contributed by atoms with Crippen molar-refractivity contribution in [3.8, 4) is 6.19 Å². The molecule has 1 N–H and O–H groups in total. The number of hydrogen-bond donors (Lipinski definition) is 1. The van der Waals surface area contributed by atoms with Gasteiger partial charge in [-0.2, -0.15) is 10.3 Å². The molecule has 1 aliphatic carbocycles. The Balaban J connectivity index is 0.000000183. The Kier molecular flexibility index (Phi) is 8.12. The number of nitrogens with zero attached hydrogens (tertiary/aromatic N) is 6. The number of pyridine rings is 1. The summed E-state index contributed by atoms with van der Waals surface area (Å²) in [5.41, 5.74) is 4.26. The quantitative estimate of drug-likeness (QED) is 0.241. The molecule has 0 spiro atoms. The van der Waals surface area contributed by atoms with E-state index < -0.39 is 0 Å². The highest BCUT2D eigenvalue weighted by molar-refractivity contribution is 6.29. The molecule has 164 valence electrons. The topological polar surface area (TPSA) is 90.1 Å². The largest absolute Gasteiger partial charge is 0.358 e. The van der Waals surface area contributed by atoms with E-state index in [1.807, 2.05) is 55.3 Å². The second-order valence-corrected chi connectivity index (χ2v) is 8.01. The molecule has 32 heavy (non-hydrogen) atoms. The van der Waals surface area contributed by atoms with Crippen molar-refractivity contribution in [2.45, 2.75) is 39.2 Å². The lowest BCUT2D eigenvalue weighted by atomic mass is 10.2. The molecule has 0 unspecified atom stereocenters. The number of amidine groups is 1. The molecule has 1 aromatic carbocycles. The number of aryl methyl sites for hydroxylation is 1. The predicted molar refractivity (Wildman–Crippen MR) is 128 cm³/mol. The summed E-state index contributed by atoms with van der Waals surface area (Å²) in [6.45, 7) is 4.46. The SMILES string of the molecule is CC(=NC#N)N(C)Cc1ccc(Cl)nc1.Cc1cc(C2CC2)nc(Nc2ccccc2)n1.